The normalized spacial score (nSPS) is 8.89. The third-order valence-electron chi connectivity index (χ3n) is 0.846. The van der Waals surface area contributed by atoms with Gasteiger partial charge in [-0.1, -0.05) is 0 Å². The minimum absolute atomic E-state index is 0.178. The molecule has 1 heterocycles. The zero-order valence-corrected chi connectivity index (χ0v) is 4.87. The van der Waals surface area contributed by atoms with Gasteiger partial charge in [-0.3, -0.25) is 0 Å². The summed E-state index contributed by atoms with van der Waals surface area (Å²) in [6.07, 6.45) is 0. The van der Waals surface area contributed by atoms with Crippen LogP contribution in [-0.4, -0.2) is 15.0 Å². The fourth-order valence-electron chi connectivity index (χ4n) is 0.501. The second kappa shape index (κ2) is 1.74. The number of anilines is 1. The summed E-state index contributed by atoms with van der Waals surface area (Å²) in [5.74, 6) is 0.181. The number of rotatable bonds is 0. The van der Waals surface area contributed by atoms with E-state index in [1.807, 2.05) is 0 Å². The van der Waals surface area contributed by atoms with Crippen molar-refractivity contribution in [3.05, 3.63) is 5.69 Å². The third-order valence-corrected chi connectivity index (χ3v) is 0.846. The lowest BCUT2D eigenvalue weighted by Gasteiger charge is -1.76. The Balaban J connectivity index is 3.20. The number of aromatic nitrogens is 3. The van der Waals surface area contributed by atoms with Crippen LogP contribution in [-0.2, 0) is 7.05 Å². The number of nitrogen functional groups attached to an aromatic ring is 1. The Bertz CT molecular complexity index is 254. The Hall–Kier alpha value is -1.57. The Morgan fingerprint density at radius 3 is 2.56 bits per heavy atom. The number of nitrogens with zero attached hydrogens (tertiary/aromatic N) is 4. The summed E-state index contributed by atoms with van der Waals surface area (Å²) < 4.78 is 0. The van der Waals surface area contributed by atoms with Crippen molar-refractivity contribution in [2.24, 2.45) is 7.05 Å². The van der Waals surface area contributed by atoms with E-state index in [9.17, 15) is 0 Å². The molecule has 1 aromatic rings. The maximum absolute atomic E-state index is 8.29. The molecule has 1 aromatic heterocycles. The fourth-order valence-corrected chi connectivity index (χ4v) is 0.501. The molecule has 9 heavy (non-hydrogen) atoms. The summed E-state index contributed by atoms with van der Waals surface area (Å²) >= 11 is 0. The van der Waals surface area contributed by atoms with Gasteiger partial charge in [0.1, 0.15) is 6.07 Å². The molecule has 0 saturated carbocycles. The van der Waals surface area contributed by atoms with E-state index >= 15 is 0 Å². The van der Waals surface area contributed by atoms with Gasteiger partial charge in [0.2, 0.25) is 5.69 Å². The van der Waals surface area contributed by atoms with Gasteiger partial charge in [0, 0.05) is 7.05 Å². The van der Waals surface area contributed by atoms with Gasteiger partial charge in [-0.2, -0.15) is 10.1 Å². The molecule has 0 fully saturated rings. The molecule has 0 amide bonds. The summed E-state index contributed by atoms with van der Waals surface area (Å²) in [7, 11) is 1.61. The molecular formula is C4H5N5. The average Bonchev–Trinajstić information content (AvgIpc) is 2.10. The van der Waals surface area contributed by atoms with Crippen LogP contribution in [0.3, 0.4) is 0 Å². The third kappa shape index (κ3) is 0.817. The molecule has 0 aliphatic rings. The lowest BCUT2D eigenvalue weighted by molar-refractivity contribution is 0.654. The number of nitriles is 1. The standard InChI is InChI=1S/C4H5N5/c1-9-7-3(2-5)4(6)8-9/h1H3,(H2,6,8). The van der Waals surface area contributed by atoms with E-state index in [0.717, 1.165) is 0 Å². The van der Waals surface area contributed by atoms with Gasteiger partial charge in [-0.05, 0) is 0 Å². The number of nitrogens with two attached hydrogens (primary N) is 1. The Morgan fingerprint density at radius 1 is 1.67 bits per heavy atom. The number of hydrogen-bond donors (Lipinski definition) is 1. The summed E-state index contributed by atoms with van der Waals surface area (Å²) in [6, 6.07) is 1.80. The molecule has 0 saturated heterocycles. The minimum atomic E-state index is 0.178. The molecule has 0 atom stereocenters. The van der Waals surface area contributed by atoms with Crippen molar-refractivity contribution in [2.75, 3.05) is 5.73 Å². The molecule has 2 N–H and O–H groups in total. The van der Waals surface area contributed by atoms with Crippen molar-refractivity contribution in [1.29, 1.82) is 5.26 Å². The van der Waals surface area contributed by atoms with Gasteiger partial charge in [0.15, 0.2) is 5.82 Å². The van der Waals surface area contributed by atoms with Crippen molar-refractivity contribution in [1.82, 2.24) is 15.0 Å². The summed E-state index contributed by atoms with van der Waals surface area (Å²) in [5, 5.41) is 15.6. The first kappa shape index (κ1) is 5.56. The second-order valence-corrected chi connectivity index (χ2v) is 1.54. The monoisotopic (exact) mass is 123 g/mol. The largest absolute Gasteiger partial charge is 0.380 e. The molecule has 0 radical (unpaired) electrons. The highest BCUT2D eigenvalue weighted by Gasteiger charge is 2.01. The van der Waals surface area contributed by atoms with E-state index in [2.05, 4.69) is 10.2 Å². The summed E-state index contributed by atoms with van der Waals surface area (Å²) in [4.78, 5) is 1.26. The molecule has 0 aliphatic carbocycles. The van der Waals surface area contributed by atoms with E-state index in [-0.39, 0.29) is 11.5 Å². The summed E-state index contributed by atoms with van der Waals surface area (Å²) in [6.45, 7) is 0. The Morgan fingerprint density at radius 2 is 2.33 bits per heavy atom. The maximum Gasteiger partial charge on any atom is 0.206 e. The van der Waals surface area contributed by atoms with Crippen LogP contribution < -0.4 is 5.73 Å². The number of hydrogen-bond acceptors (Lipinski definition) is 4. The highest BCUT2D eigenvalue weighted by atomic mass is 15.5. The van der Waals surface area contributed by atoms with E-state index in [4.69, 9.17) is 11.0 Å². The van der Waals surface area contributed by atoms with Crippen molar-refractivity contribution in [3.8, 4) is 6.07 Å². The topological polar surface area (TPSA) is 80.5 Å². The molecule has 0 aromatic carbocycles. The zero-order valence-electron chi connectivity index (χ0n) is 4.87. The van der Waals surface area contributed by atoms with Crippen LogP contribution in [0, 0.1) is 11.3 Å². The lowest BCUT2D eigenvalue weighted by atomic mass is 10.5. The van der Waals surface area contributed by atoms with E-state index in [1.165, 1.54) is 4.80 Å². The quantitative estimate of drug-likeness (QED) is 0.493. The molecule has 46 valence electrons. The molecule has 0 unspecified atom stereocenters. The van der Waals surface area contributed by atoms with Crippen molar-refractivity contribution < 1.29 is 0 Å². The maximum atomic E-state index is 8.29. The Kier molecular flexibility index (Phi) is 1.08. The van der Waals surface area contributed by atoms with Crippen LogP contribution in [0.4, 0.5) is 5.82 Å². The van der Waals surface area contributed by atoms with Gasteiger partial charge < -0.3 is 5.73 Å². The smallest absolute Gasteiger partial charge is 0.206 e. The Labute approximate surface area is 51.7 Å². The van der Waals surface area contributed by atoms with Gasteiger partial charge in [-0.25, -0.2) is 0 Å². The van der Waals surface area contributed by atoms with Gasteiger partial charge in [0.05, 0.1) is 0 Å². The van der Waals surface area contributed by atoms with E-state index < -0.39 is 0 Å². The van der Waals surface area contributed by atoms with Gasteiger partial charge in [0.25, 0.3) is 0 Å². The molecule has 0 spiro atoms. The molecule has 1 rings (SSSR count). The van der Waals surface area contributed by atoms with Crippen molar-refractivity contribution >= 4 is 5.82 Å². The van der Waals surface area contributed by atoms with Gasteiger partial charge in [-0.15, -0.1) is 10.2 Å². The van der Waals surface area contributed by atoms with Crippen molar-refractivity contribution in [2.45, 2.75) is 0 Å². The highest BCUT2D eigenvalue weighted by molar-refractivity contribution is 5.41. The average molecular weight is 123 g/mol. The van der Waals surface area contributed by atoms with Gasteiger partial charge >= 0.3 is 0 Å². The van der Waals surface area contributed by atoms with E-state index in [0.29, 0.717) is 0 Å². The van der Waals surface area contributed by atoms with Crippen LogP contribution in [0.15, 0.2) is 0 Å². The van der Waals surface area contributed by atoms with E-state index in [1.54, 1.807) is 13.1 Å². The highest BCUT2D eigenvalue weighted by Crippen LogP contribution is 1.99. The predicted molar refractivity (Wildman–Crippen MR) is 30.1 cm³/mol. The molecule has 5 nitrogen and oxygen atoms in total. The first-order chi connectivity index (χ1) is 4.24. The molecular weight excluding hydrogens is 118 g/mol. The first-order valence-corrected chi connectivity index (χ1v) is 2.31. The van der Waals surface area contributed by atoms with Crippen LogP contribution >= 0.6 is 0 Å². The molecule has 0 aliphatic heterocycles. The zero-order chi connectivity index (χ0) is 6.85. The molecule has 0 bridgehead atoms. The van der Waals surface area contributed by atoms with Crippen LogP contribution in [0.25, 0.3) is 0 Å². The van der Waals surface area contributed by atoms with Crippen LogP contribution in [0.1, 0.15) is 5.69 Å². The number of aryl methyl sites for hydroxylation is 1. The second-order valence-electron chi connectivity index (χ2n) is 1.54. The van der Waals surface area contributed by atoms with Crippen LogP contribution in [0.2, 0.25) is 0 Å². The SMILES string of the molecule is Cn1nc(N)c(C#N)n1. The fraction of sp³-hybridized carbons (Fsp3) is 0.250. The van der Waals surface area contributed by atoms with Crippen molar-refractivity contribution in [3.63, 3.8) is 0 Å². The summed E-state index contributed by atoms with van der Waals surface area (Å²) in [5.41, 5.74) is 5.41. The lowest BCUT2D eigenvalue weighted by Crippen LogP contribution is -1.92. The first-order valence-electron chi connectivity index (χ1n) is 2.31. The minimum Gasteiger partial charge on any atom is -0.380 e. The molecule has 5 heteroatoms. The predicted octanol–water partition coefficient (Wildman–Crippen LogP) is -0.731. The van der Waals surface area contributed by atoms with Crippen LogP contribution in [0.5, 0.6) is 0 Å².